The van der Waals surface area contributed by atoms with Crippen molar-refractivity contribution in [1.29, 1.82) is 0 Å². The second kappa shape index (κ2) is 4.72. The maximum atomic E-state index is 12.3. The molecule has 3 rings (SSSR count). The Morgan fingerprint density at radius 1 is 1.26 bits per heavy atom. The number of aromatic nitrogens is 1. The minimum atomic E-state index is -0.265. The summed E-state index contributed by atoms with van der Waals surface area (Å²) in [5.41, 5.74) is 1.81. The minimum Gasteiger partial charge on any atom is -0.492 e. The Hall–Kier alpha value is -2.36. The first-order valence-electron chi connectivity index (χ1n) is 6.20. The summed E-state index contributed by atoms with van der Waals surface area (Å²) in [5.74, 6) is 1.02. The normalized spacial score (nSPS) is 16.6. The van der Waals surface area contributed by atoms with Gasteiger partial charge in [0.05, 0.1) is 0 Å². The van der Waals surface area contributed by atoms with E-state index in [1.165, 1.54) is 0 Å². The third-order valence-electron chi connectivity index (χ3n) is 3.16. The maximum Gasteiger partial charge on any atom is 0.236 e. The molecular weight excluding hydrogens is 240 g/mol. The molecule has 19 heavy (non-hydrogen) atoms. The highest BCUT2D eigenvalue weighted by Gasteiger charge is 2.30. The molecule has 0 saturated heterocycles. The fourth-order valence-corrected chi connectivity index (χ4v) is 2.21. The molecule has 0 aliphatic carbocycles. The van der Waals surface area contributed by atoms with Crippen LogP contribution in [0.15, 0.2) is 42.5 Å². The molecule has 0 fully saturated rings. The first-order valence-corrected chi connectivity index (χ1v) is 6.20. The van der Waals surface area contributed by atoms with Crippen LogP contribution in [0, 0.1) is 6.92 Å². The predicted molar refractivity (Wildman–Crippen MR) is 72.3 cm³/mol. The minimum absolute atomic E-state index is 0.0805. The van der Waals surface area contributed by atoms with E-state index in [1.807, 2.05) is 43.3 Å². The number of hydrogen-bond acceptors (Lipinski definition) is 3. The average molecular weight is 254 g/mol. The van der Waals surface area contributed by atoms with Gasteiger partial charge in [-0.05, 0) is 25.1 Å². The topological polar surface area (TPSA) is 51.2 Å². The molecule has 0 bridgehead atoms. The van der Waals surface area contributed by atoms with E-state index in [9.17, 15) is 4.79 Å². The first kappa shape index (κ1) is 11.7. The summed E-state index contributed by atoms with van der Waals surface area (Å²) in [6.45, 7) is 2.28. The highest BCUT2D eigenvalue weighted by Crippen LogP contribution is 2.33. The molecule has 1 atom stereocenters. The largest absolute Gasteiger partial charge is 0.492 e. The smallest absolute Gasteiger partial charge is 0.236 e. The number of para-hydroxylation sites is 1. The van der Waals surface area contributed by atoms with Gasteiger partial charge in [-0.15, -0.1) is 0 Å². The number of benzene rings is 1. The molecule has 4 heteroatoms. The zero-order valence-electron chi connectivity index (χ0n) is 10.6. The van der Waals surface area contributed by atoms with Crippen LogP contribution in [0.1, 0.15) is 17.2 Å². The zero-order valence-corrected chi connectivity index (χ0v) is 10.6. The Balaban J connectivity index is 1.79. The zero-order chi connectivity index (χ0) is 13.2. The van der Waals surface area contributed by atoms with E-state index in [4.69, 9.17) is 4.74 Å². The number of ether oxygens (including phenoxy) is 1. The van der Waals surface area contributed by atoms with Gasteiger partial charge in [0.1, 0.15) is 24.1 Å². The van der Waals surface area contributed by atoms with Gasteiger partial charge in [-0.3, -0.25) is 4.79 Å². The van der Waals surface area contributed by atoms with E-state index < -0.39 is 0 Å². The second-order valence-electron chi connectivity index (χ2n) is 4.55. The van der Waals surface area contributed by atoms with Crippen LogP contribution in [-0.4, -0.2) is 17.5 Å². The van der Waals surface area contributed by atoms with Crippen LogP contribution in [0.25, 0.3) is 0 Å². The lowest BCUT2D eigenvalue weighted by atomic mass is 10.0. The van der Waals surface area contributed by atoms with Crippen molar-refractivity contribution in [2.75, 3.05) is 11.9 Å². The van der Waals surface area contributed by atoms with Gasteiger partial charge in [-0.25, -0.2) is 4.98 Å². The first-order chi connectivity index (χ1) is 9.24. The van der Waals surface area contributed by atoms with Crippen molar-refractivity contribution < 1.29 is 9.53 Å². The van der Waals surface area contributed by atoms with E-state index in [2.05, 4.69) is 10.3 Å². The van der Waals surface area contributed by atoms with Gasteiger partial charge in [0.2, 0.25) is 5.91 Å². The lowest BCUT2D eigenvalue weighted by Gasteiger charge is -2.09. The van der Waals surface area contributed by atoms with Gasteiger partial charge in [0, 0.05) is 11.3 Å². The van der Waals surface area contributed by atoms with Crippen LogP contribution < -0.4 is 10.1 Å². The Bertz CT molecular complexity index is 625. The molecule has 1 aromatic heterocycles. The summed E-state index contributed by atoms with van der Waals surface area (Å²) < 4.78 is 5.51. The van der Waals surface area contributed by atoms with Crippen LogP contribution in [-0.2, 0) is 4.79 Å². The number of pyridine rings is 1. The number of rotatable bonds is 2. The number of nitrogens with one attached hydrogen (secondary N) is 1. The number of anilines is 1. The van der Waals surface area contributed by atoms with Crippen LogP contribution in [0.4, 0.5) is 5.82 Å². The summed E-state index contributed by atoms with van der Waals surface area (Å²) >= 11 is 0. The standard InChI is InChI=1S/C15H14N2O2/c1-10-5-4-8-14(16-10)17-15(18)12-9-19-13-7-3-2-6-11(12)13/h2-8,12H,9H2,1H3,(H,16,17,18). The SMILES string of the molecule is Cc1cccc(NC(=O)C2COc3ccccc32)n1. The van der Waals surface area contributed by atoms with Crippen LogP contribution in [0.5, 0.6) is 5.75 Å². The number of carbonyl (C=O) groups is 1. The number of fused-ring (bicyclic) bond motifs is 1. The monoisotopic (exact) mass is 254 g/mol. The molecule has 1 amide bonds. The van der Waals surface area contributed by atoms with E-state index >= 15 is 0 Å². The van der Waals surface area contributed by atoms with E-state index in [1.54, 1.807) is 6.07 Å². The molecule has 0 saturated carbocycles. The molecule has 1 aliphatic rings. The molecule has 1 unspecified atom stereocenters. The molecule has 0 spiro atoms. The van der Waals surface area contributed by atoms with Gasteiger partial charge in [0.15, 0.2) is 0 Å². The highest BCUT2D eigenvalue weighted by atomic mass is 16.5. The number of aryl methyl sites for hydroxylation is 1. The van der Waals surface area contributed by atoms with Crippen molar-refractivity contribution in [3.05, 3.63) is 53.7 Å². The number of carbonyl (C=O) groups excluding carboxylic acids is 1. The predicted octanol–water partition coefficient (Wildman–Crippen LogP) is 2.50. The summed E-state index contributed by atoms with van der Waals surface area (Å²) in [5, 5.41) is 2.84. The Morgan fingerprint density at radius 3 is 2.95 bits per heavy atom. The Labute approximate surface area is 111 Å². The molecule has 1 aromatic carbocycles. The summed E-state index contributed by atoms with van der Waals surface area (Å²) in [6, 6.07) is 13.2. The lowest BCUT2D eigenvalue weighted by Crippen LogP contribution is -2.22. The molecular formula is C15H14N2O2. The van der Waals surface area contributed by atoms with E-state index in [0.717, 1.165) is 17.0 Å². The average Bonchev–Trinajstić information content (AvgIpc) is 2.82. The molecule has 4 nitrogen and oxygen atoms in total. The van der Waals surface area contributed by atoms with Gasteiger partial charge < -0.3 is 10.1 Å². The van der Waals surface area contributed by atoms with Crippen LogP contribution in [0.3, 0.4) is 0 Å². The number of amides is 1. The molecule has 1 N–H and O–H groups in total. The number of nitrogens with zero attached hydrogens (tertiary/aromatic N) is 1. The van der Waals surface area contributed by atoms with Crippen molar-refractivity contribution in [3.8, 4) is 5.75 Å². The third-order valence-corrected chi connectivity index (χ3v) is 3.16. The van der Waals surface area contributed by atoms with Gasteiger partial charge in [-0.1, -0.05) is 24.3 Å². The number of hydrogen-bond donors (Lipinski definition) is 1. The highest BCUT2D eigenvalue weighted by molar-refractivity contribution is 5.96. The third kappa shape index (κ3) is 2.29. The van der Waals surface area contributed by atoms with Crippen molar-refractivity contribution in [1.82, 2.24) is 4.98 Å². The second-order valence-corrected chi connectivity index (χ2v) is 4.55. The maximum absolute atomic E-state index is 12.3. The van der Waals surface area contributed by atoms with Crippen LogP contribution in [0.2, 0.25) is 0 Å². The summed E-state index contributed by atoms with van der Waals surface area (Å²) in [4.78, 5) is 16.5. The summed E-state index contributed by atoms with van der Waals surface area (Å²) in [7, 11) is 0. The van der Waals surface area contributed by atoms with Crippen molar-refractivity contribution in [2.45, 2.75) is 12.8 Å². The molecule has 1 aliphatic heterocycles. The quantitative estimate of drug-likeness (QED) is 0.895. The summed E-state index contributed by atoms with van der Waals surface area (Å²) in [6.07, 6.45) is 0. The molecule has 2 heterocycles. The Morgan fingerprint density at radius 2 is 2.11 bits per heavy atom. The van der Waals surface area contributed by atoms with Crippen molar-refractivity contribution >= 4 is 11.7 Å². The Kier molecular flexibility index (Phi) is 2.91. The molecule has 2 aromatic rings. The lowest BCUT2D eigenvalue weighted by molar-refractivity contribution is -0.117. The van der Waals surface area contributed by atoms with Crippen molar-refractivity contribution in [2.24, 2.45) is 0 Å². The van der Waals surface area contributed by atoms with Gasteiger partial charge in [-0.2, -0.15) is 0 Å². The van der Waals surface area contributed by atoms with Crippen LogP contribution >= 0.6 is 0 Å². The van der Waals surface area contributed by atoms with E-state index in [-0.39, 0.29) is 11.8 Å². The molecule has 0 radical (unpaired) electrons. The van der Waals surface area contributed by atoms with E-state index in [0.29, 0.717) is 12.4 Å². The fraction of sp³-hybridized carbons (Fsp3) is 0.200. The fourth-order valence-electron chi connectivity index (χ4n) is 2.21. The molecule has 96 valence electrons. The van der Waals surface area contributed by atoms with Crippen molar-refractivity contribution in [3.63, 3.8) is 0 Å². The van der Waals surface area contributed by atoms with Gasteiger partial charge >= 0.3 is 0 Å². The van der Waals surface area contributed by atoms with Gasteiger partial charge in [0.25, 0.3) is 0 Å².